The topological polar surface area (TPSA) is 68.2 Å². The molecule has 0 saturated carbocycles. The number of piperidine rings is 1. The number of aromatic nitrogens is 2. The number of benzene rings is 2. The molecule has 2 aromatic carbocycles. The number of hydrogen-bond acceptors (Lipinski definition) is 4. The standard InChI is InChI=1S/C23H26N4O2/c1-18-8-9-19(21(16-18)29-20-6-3-2-4-7-20)17-25-22(28)23(10-13-24-14-11-23)27-15-5-12-26-27/h2-9,12,15-16,24H,10-11,13-14,17H2,1H3,(H,25,28). The molecular weight excluding hydrogens is 364 g/mol. The summed E-state index contributed by atoms with van der Waals surface area (Å²) in [6, 6.07) is 17.6. The molecule has 0 atom stereocenters. The Balaban J connectivity index is 1.53. The van der Waals surface area contributed by atoms with Crippen LogP contribution in [0.1, 0.15) is 24.0 Å². The van der Waals surface area contributed by atoms with Gasteiger partial charge in [0, 0.05) is 24.5 Å². The summed E-state index contributed by atoms with van der Waals surface area (Å²) in [6.45, 7) is 4.01. The van der Waals surface area contributed by atoms with Crippen LogP contribution in [0.25, 0.3) is 0 Å². The molecule has 2 N–H and O–H groups in total. The number of hydrogen-bond donors (Lipinski definition) is 2. The van der Waals surface area contributed by atoms with E-state index in [-0.39, 0.29) is 5.91 Å². The van der Waals surface area contributed by atoms with Crippen molar-refractivity contribution in [3.8, 4) is 11.5 Å². The SMILES string of the molecule is Cc1ccc(CNC(=O)C2(n3cccn3)CCNCC2)c(Oc2ccccc2)c1. The van der Waals surface area contributed by atoms with E-state index in [2.05, 4.69) is 15.7 Å². The molecule has 1 amide bonds. The molecule has 0 bridgehead atoms. The lowest BCUT2D eigenvalue weighted by molar-refractivity contribution is -0.132. The Labute approximate surface area is 170 Å². The average molecular weight is 390 g/mol. The van der Waals surface area contributed by atoms with Crippen molar-refractivity contribution in [1.29, 1.82) is 0 Å². The van der Waals surface area contributed by atoms with Crippen molar-refractivity contribution in [2.75, 3.05) is 13.1 Å². The van der Waals surface area contributed by atoms with Gasteiger partial charge in [-0.15, -0.1) is 0 Å². The number of aryl methyl sites for hydroxylation is 1. The number of para-hydroxylation sites is 1. The van der Waals surface area contributed by atoms with Crippen molar-refractivity contribution in [2.24, 2.45) is 0 Å². The van der Waals surface area contributed by atoms with Crippen molar-refractivity contribution in [1.82, 2.24) is 20.4 Å². The van der Waals surface area contributed by atoms with E-state index >= 15 is 0 Å². The van der Waals surface area contributed by atoms with E-state index in [0.29, 0.717) is 19.4 Å². The summed E-state index contributed by atoms with van der Waals surface area (Å²) in [6.07, 6.45) is 5.02. The van der Waals surface area contributed by atoms with E-state index in [4.69, 9.17) is 4.74 Å². The zero-order chi connectivity index (χ0) is 20.1. The summed E-state index contributed by atoms with van der Waals surface area (Å²) in [5.74, 6) is 1.53. The predicted molar refractivity (Wildman–Crippen MR) is 112 cm³/mol. The van der Waals surface area contributed by atoms with Crippen LogP contribution >= 0.6 is 0 Å². The molecule has 1 fully saturated rings. The van der Waals surface area contributed by atoms with Crippen molar-refractivity contribution < 1.29 is 9.53 Å². The zero-order valence-corrected chi connectivity index (χ0v) is 16.6. The van der Waals surface area contributed by atoms with Gasteiger partial charge in [0.05, 0.1) is 0 Å². The van der Waals surface area contributed by atoms with Crippen LogP contribution in [0.5, 0.6) is 11.5 Å². The first-order valence-corrected chi connectivity index (χ1v) is 9.99. The molecule has 29 heavy (non-hydrogen) atoms. The first kappa shape index (κ1) is 19.2. The lowest BCUT2D eigenvalue weighted by Gasteiger charge is -2.36. The first-order valence-electron chi connectivity index (χ1n) is 9.99. The molecule has 0 unspecified atom stereocenters. The van der Waals surface area contributed by atoms with Gasteiger partial charge in [0.1, 0.15) is 17.0 Å². The molecule has 1 saturated heterocycles. The fourth-order valence-corrected chi connectivity index (χ4v) is 3.78. The van der Waals surface area contributed by atoms with Crippen LogP contribution in [0.15, 0.2) is 67.0 Å². The van der Waals surface area contributed by atoms with Gasteiger partial charge in [0.25, 0.3) is 0 Å². The van der Waals surface area contributed by atoms with Crippen molar-refractivity contribution in [3.05, 3.63) is 78.1 Å². The van der Waals surface area contributed by atoms with Crippen LogP contribution in [-0.2, 0) is 16.9 Å². The summed E-state index contributed by atoms with van der Waals surface area (Å²) < 4.78 is 7.89. The molecular formula is C23H26N4O2. The Morgan fingerprint density at radius 1 is 1.17 bits per heavy atom. The number of rotatable bonds is 6. The third-order valence-corrected chi connectivity index (χ3v) is 5.43. The Bertz CT molecular complexity index is 948. The first-order chi connectivity index (χ1) is 14.2. The molecule has 4 rings (SSSR count). The van der Waals surface area contributed by atoms with Gasteiger partial charge in [-0.3, -0.25) is 9.48 Å². The number of ether oxygens (including phenoxy) is 1. The maximum absolute atomic E-state index is 13.3. The van der Waals surface area contributed by atoms with E-state index in [1.807, 2.05) is 67.7 Å². The van der Waals surface area contributed by atoms with Gasteiger partial charge in [-0.25, -0.2) is 0 Å². The molecule has 0 aliphatic carbocycles. The fraction of sp³-hybridized carbons (Fsp3) is 0.304. The van der Waals surface area contributed by atoms with Gasteiger partial charge in [-0.1, -0.05) is 30.3 Å². The van der Waals surface area contributed by atoms with Crippen LogP contribution in [0.4, 0.5) is 0 Å². The molecule has 0 spiro atoms. The number of amides is 1. The molecule has 1 aliphatic rings. The highest BCUT2D eigenvalue weighted by atomic mass is 16.5. The summed E-state index contributed by atoms with van der Waals surface area (Å²) in [5.41, 5.74) is 1.40. The molecule has 6 heteroatoms. The maximum atomic E-state index is 13.3. The third kappa shape index (κ3) is 4.17. The highest BCUT2D eigenvalue weighted by Crippen LogP contribution is 2.29. The number of nitrogens with zero attached hydrogens (tertiary/aromatic N) is 2. The molecule has 1 aromatic heterocycles. The van der Waals surface area contributed by atoms with E-state index in [0.717, 1.165) is 35.7 Å². The van der Waals surface area contributed by atoms with E-state index in [1.54, 1.807) is 10.9 Å². The van der Waals surface area contributed by atoms with Crippen LogP contribution in [-0.4, -0.2) is 28.8 Å². The quantitative estimate of drug-likeness (QED) is 0.677. The normalized spacial score (nSPS) is 15.6. The molecule has 3 aromatic rings. The second-order valence-electron chi connectivity index (χ2n) is 7.44. The smallest absolute Gasteiger partial charge is 0.248 e. The Hall–Kier alpha value is -3.12. The largest absolute Gasteiger partial charge is 0.457 e. The number of carbonyl (C=O) groups is 1. The fourth-order valence-electron chi connectivity index (χ4n) is 3.78. The second-order valence-corrected chi connectivity index (χ2v) is 7.44. The predicted octanol–water partition coefficient (Wildman–Crippen LogP) is 3.38. The molecule has 2 heterocycles. The van der Waals surface area contributed by atoms with Crippen molar-refractivity contribution in [3.63, 3.8) is 0 Å². The Kier molecular flexibility index (Phi) is 5.62. The summed E-state index contributed by atoms with van der Waals surface area (Å²) >= 11 is 0. The maximum Gasteiger partial charge on any atom is 0.248 e. The van der Waals surface area contributed by atoms with Crippen LogP contribution in [0.3, 0.4) is 0 Å². The monoisotopic (exact) mass is 390 g/mol. The number of carbonyl (C=O) groups excluding carboxylic acids is 1. The van der Waals surface area contributed by atoms with E-state index in [1.165, 1.54) is 0 Å². The third-order valence-electron chi connectivity index (χ3n) is 5.43. The highest BCUT2D eigenvalue weighted by Gasteiger charge is 2.41. The minimum atomic E-state index is -0.653. The molecule has 1 aliphatic heterocycles. The minimum absolute atomic E-state index is 0.00561. The van der Waals surface area contributed by atoms with Crippen LogP contribution in [0.2, 0.25) is 0 Å². The van der Waals surface area contributed by atoms with Gasteiger partial charge < -0.3 is 15.4 Å². The van der Waals surface area contributed by atoms with Gasteiger partial charge in [0.2, 0.25) is 5.91 Å². The number of nitrogens with one attached hydrogen (secondary N) is 2. The molecule has 0 radical (unpaired) electrons. The average Bonchev–Trinajstić information content (AvgIpc) is 3.30. The summed E-state index contributed by atoms with van der Waals surface area (Å²) in [7, 11) is 0. The van der Waals surface area contributed by atoms with Gasteiger partial charge in [-0.2, -0.15) is 5.10 Å². The van der Waals surface area contributed by atoms with Gasteiger partial charge >= 0.3 is 0 Å². The van der Waals surface area contributed by atoms with E-state index < -0.39 is 5.54 Å². The minimum Gasteiger partial charge on any atom is -0.457 e. The van der Waals surface area contributed by atoms with Gasteiger partial charge in [-0.05, 0) is 62.7 Å². The lowest BCUT2D eigenvalue weighted by Crippen LogP contribution is -2.54. The van der Waals surface area contributed by atoms with Crippen molar-refractivity contribution in [2.45, 2.75) is 31.8 Å². The summed E-state index contributed by atoms with van der Waals surface area (Å²) in [4.78, 5) is 13.3. The Morgan fingerprint density at radius 2 is 1.97 bits per heavy atom. The molecule has 6 nitrogen and oxygen atoms in total. The van der Waals surface area contributed by atoms with Crippen LogP contribution in [0, 0.1) is 6.92 Å². The Morgan fingerprint density at radius 3 is 2.69 bits per heavy atom. The molecule has 150 valence electrons. The second kappa shape index (κ2) is 8.49. The van der Waals surface area contributed by atoms with Gasteiger partial charge in [0.15, 0.2) is 0 Å². The summed E-state index contributed by atoms with van der Waals surface area (Å²) in [5, 5.41) is 10.8. The highest BCUT2D eigenvalue weighted by molar-refractivity contribution is 5.84. The van der Waals surface area contributed by atoms with Crippen LogP contribution < -0.4 is 15.4 Å². The lowest BCUT2D eigenvalue weighted by atomic mass is 9.87. The van der Waals surface area contributed by atoms with E-state index in [9.17, 15) is 4.79 Å². The van der Waals surface area contributed by atoms with Crippen molar-refractivity contribution >= 4 is 5.91 Å². The zero-order valence-electron chi connectivity index (χ0n) is 16.6.